The van der Waals surface area contributed by atoms with E-state index in [0.29, 0.717) is 12.5 Å². The molecule has 3 rings (SSSR count). The van der Waals surface area contributed by atoms with Crippen molar-refractivity contribution in [2.45, 2.75) is 18.9 Å². The fraction of sp³-hybridized carbons (Fsp3) is 0.368. The lowest BCUT2D eigenvalue weighted by Crippen LogP contribution is -2.20. The zero-order chi connectivity index (χ0) is 16.1. The maximum absolute atomic E-state index is 8.94. The van der Waals surface area contributed by atoms with E-state index in [9.17, 15) is 0 Å². The monoisotopic (exact) mass is 331 g/mol. The number of likely N-dealkylation sites (tertiary alicyclic amines) is 1. The van der Waals surface area contributed by atoms with Gasteiger partial charge in [-0.15, -0.1) is 0 Å². The van der Waals surface area contributed by atoms with E-state index in [2.05, 4.69) is 23.1 Å². The molecule has 0 aliphatic carbocycles. The molecule has 1 saturated heterocycles. The molecule has 4 heteroatoms. The average molecular weight is 332 g/mol. The predicted molar refractivity (Wildman–Crippen MR) is 93.1 cm³/mol. The van der Waals surface area contributed by atoms with E-state index in [1.807, 2.05) is 30.3 Å². The number of hydrogen-bond donors (Lipinski definition) is 1. The standard InChI is InChI=1S/C19H22ClNO2/c20-18-6-3-5-15(12-18)16-8-9-21(13-16)14-17-4-1-2-7-19(17)23-11-10-22/h1-7,12,16,22H,8-11,13-14H2/t16-/m0/s1. The van der Waals surface area contributed by atoms with Crippen LogP contribution in [0.2, 0.25) is 5.02 Å². The van der Waals surface area contributed by atoms with Gasteiger partial charge >= 0.3 is 0 Å². The number of rotatable bonds is 6. The first-order chi connectivity index (χ1) is 11.3. The molecular weight excluding hydrogens is 310 g/mol. The van der Waals surface area contributed by atoms with Crippen LogP contribution in [0, 0.1) is 0 Å². The highest BCUT2D eigenvalue weighted by Crippen LogP contribution is 2.30. The summed E-state index contributed by atoms with van der Waals surface area (Å²) in [6.45, 7) is 3.36. The molecule has 1 heterocycles. The number of aliphatic hydroxyl groups is 1. The number of nitrogens with zero attached hydrogens (tertiary/aromatic N) is 1. The highest BCUT2D eigenvalue weighted by molar-refractivity contribution is 6.30. The molecule has 2 aromatic carbocycles. The van der Waals surface area contributed by atoms with Crippen LogP contribution in [-0.2, 0) is 6.54 Å². The van der Waals surface area contributed by atoms with Crippen LogP contribution in [0.25, 0.3) is 0 Å². The van der Waals surface area contributed by atoms with E-state index in [1.165, 1.54) is 11.1 Å². The van der Waals surface area contributed by atoms with Crippen LogP contribution in [-0.4, -0.2) is 36.3 Å². The molecule has 1 N–H and O–H groups in total. The Morgan fingerprint density at radius 2 is 2.04 bits per heavy atom. The number of para-hydroxylation sites is 1. The number of ether oxygens (including phenoxy) is 1. The maximum atomic E-state index is 8.94. The number of benzene rings is 2. The quantitative estimate of drug-likeness (QED) is 0.876. The van der Waals surface area contributed by atoms with Crippen molar-refractivity contribution < 1.29 is 9.84 Å². The fourth-order valence-corrected chi connectivity index (χ4v) is 3.38. The molecule has 0 unspecified atom stereocenters. The average Bonchev–Trinajstić information content (AvgIpc) is 3.03. The summed E-state index contributed by atoms with van der Waals surface area (Å²) in [5.74, 6) is 1.41. The summed E-state index contributed by atoms with van der Waals surface area (Å²) in [5, 5.41) is 9.75. The van der Waals surface area contributed by atoms with Crippen LogP contribution in [0.15, 0.2) is 48.5 Å². The summed E-state index contributed by atoms with van der Waals surface area (Å²) in [6, 6.07) is 16.3. The van der Waals surface area contributed by atoms with Gasteiger partial charge in [-0.05, 0) is 42.6 Å². The maximum Gasteiger partial charge on any atom is 0.123 e. The molecule has 23 heavy (non-hydrogen) atoms. The second kappa shape index (κ2) is 7.82. The normalized spacial score (nSPS) is 18.3. The first-order valence-electron chi connectivity index (χ1n) is 8.05. The van der Waals surface area contributed by atoms with Gasteiger partial charge in [-0.25, -0.2) is 0 Å². The van der Waals surface area contributed by atoms with Gasteiger partial charge in [0, 0.05) is 23.7 Å². The van der Waals surface area contributed by atoms with E-state index in [-0.39, 0.29) is 6.61 Å². The Hall–Kier alpha value is -1.55. The van der Waals surface area contributed by atoms with Gasteiger partial charge in [-0.2, -0.15) is 0 Å². The van der Waals surface area contributed by atoms with Crippen molar-refractivity contribution in [3.05, 3.63) is 64.7 Å². The minimum Gasteiger partial charge on any atom is -0.491 e. The second-order valence-corrected chi connectivity index (χ2v) is 6.39. The SMILES string of the molecule is OCCOc1ccccc1CN1CC[C@H](c2cccc(Cl)c2)C1. The van der Waals surface area contributed by atoms with Gasteiger partial charge in [-0.1, -0.05) is 41.9 Å². The molecule has 1 aliphatic rings. The molecule has 1 fully saturated rings. The first-order valence-corrected chi connectivity index (χ1v) is 8.43. The van der Waals surface area contributed by atoms with E-state index in [1.54, 1.807) is 0 Å². The Morgan fingerprint density at radius 3 is 2.87 bits per heavy atom. The van der Waals surface area contributed by atoms with Crippen molar-refractivity contribution >= 4 is 11.6 Å². The number of aliphatic hydroxyl groups excluding tert-OH is 1. The summed E-state index contributed by atoms with van der Waals surface area (Å²) >= 11 is 6.11. The van der Waals surface area contributed by atoms with Crippen LogP contribution in [0.4, 0.5) is 0 Å². The van der Waals surface area contributed by atoms with Gasteiger partial charge in [0.15, 0.2) is 0 Å². The molecule has 122 valence electrons. The molecule has 0 aromatic heterocycles. The van der Waals surface area contributed by atoms with E-state index < -0.39 is 0 Å². The third kappa shape index (κ3) is 4.25. The summed E-state index contributed by atoms with van der Waals surface area (Å²) in [7, 11) is 0. The van der Waals surface area contributed by atoms with Gasteiger partial charge in [0.2, 0.25) is 0 Å². The van der Waals surface area contributed by atoms with Gasteiger partial charge in [0.25, 0.3) is 0 Å². The van der Waals surface area contributed by atoms with Crippen LogP contribution < -0.4 is 4.74 Å². The topological polar surface area (TPSA) is 32.7 Å². The number of halogens is 1. The molecule has 2 aromatic rings. The molecule has 1 atom stereocenters. The van der Waals surface area contributed by atoms with Crippen molar-refractivity contribution in [3.63, 3.8) is 0 Å². The van der Waals surface area contributed by atoms with Crippen molar-refractivity contribution in [3.8, 4) is 5.75 Å². The lowest BCUT2D eigenvalue weighted by Gasteiger charge is -2.18. The smallest absolute Gasteiger partial charge is 0.123 e. The van der Waals surface area contributed by atoms with Crippen molar-refractivity contribution in [1.29, 1.82) is 0 Å². The minimum atomic E-state index is 0.0366. The molecule has 0 bridgehead atoms. The third-order valence-electron chi connectivity index (χ3n) is 4.31. The molecule has 1 aliphatic heterocycles. The lowest BCUT2D eigenvalue weighted by atomic mass is 9.99. The Labute approximate surface area is 142 Å². The molecule has 0 radical (unpaired) electrons. The van der Waals surface area contributed by atoms with E-state index in [0.717, 1.165) is 36.8 Å². The minimum absolute atomic E-state index is 0.0366. The fourth-order valence-electron chi connectivity index (χ4n) is 3.18. The van der Waals surface area contributed by atoms with Crippen LogP contribution in [0.1, 0.15) is 23.5 Å². The Morgan fingerprint density at radius 1 is 1.17 bits per heavy atom. The second-order valence-electron chi connectivity index (χ2n) is 5.96. The zero-order valence-electron chi connectivity index (χ0n) is 13.1. The summed E-state index contributed by atoms with van der Waals surface area (Å²) in [6.07, 6.45) is 1.15. The molecule has 0 spiro atoms. The van der Waals surface area contributed by atoms with Gasteiger partial charge in [0.05, 0.1) is 6.61 Å². The predicted octanol–water partition coefficient (Wildman–Crippen LogP) is 3.70. The highest BCUT2D eigenvalue weighted by Gasteiger charge is 2.24. The van der Waals surface area contributed by atoms with Crippen LogP contribution >= 0.6 is 11.6 Å². The summed E-state index contributed by atoms with van der Waals surface area (Å²) in [4.78, 5) is 2.45. The highest BCUT2D eigenvalue weighted by atomic mass is 35.5. The molecule has 0 amide bonds. The third-order valence-corrected chi connectivity index (χ3v) is 4.54. The first kappa shape index (κ1) is 16.3. The van der Waals surface area contributed by atoms with Gasteiger partial charge < -0.3 is 9.84 Å². The van der Waals surface area contributed by atoms with Crippen molar-refractivity contribution in [2.75, 3.05) is 26.3 Å². The van der Waals surface area contributed by atoms with E-state index >= 15 is 0 Å². The Kier molecular flexibility index (Phi) is 5.55. The Balaban J connectivity index is 1.64. The van der Waals surface area contributed by atoms with Gasteiger partial charge in [-0.3, -0.25) is 4.90 Å². The van der Waals surface area contributed by atoms with Crippen molar-refractivity contribution in [2.24, 2.45) is 0 Å². The Bertz CT molecular complexity index is 647. The molecule has 0 saturated carbocycles. The lowest BCUT2D eigenvalue weighted by molar-refractivity contribution is 0.198. The van der Waals surface area contributed by atoms with Crippen molar-refractivity contribution in [1.82, 2.24) is 4.90 Å². The largest absolute Gasteiger partial charge is 0.491 e. The molecular formula is C19H22ClNO2. The zero-order valence-corrected chi connectivity index (χ0v) is 13.9. The van der Waals surface area contributed by atoms with E-state index in [4.69, 9.17) is 21.4 Å². The van der Waals surface area contributed by atoms with Crippen LogP contribution in [0.5, 0.6) is 5.75 Å². The summed E-state index contributed by atoms with van der Waals surface area (Å²) < 4.78 is 5.63. The molecule has 3 nitrogen and oxygen atoms in total. The summed E-state index contributed by atoms with van der Waals surface area (Å²) in [5.41, 5.74) is 2.50. The van der Waals surface area contributed by atoms with Gasteiger partial charge in [0.1, 0.15) is 12.4 Å². The van der Waals surface area contributed by atoms with Crippen LogP contribution in [0.3, 0.4) is 0 Å². The number of hydrogen-bond acceptors (Lipinski definition) is 3.